The summed E-state index contributed by atoms with van der Waals surface area (Å²) >= 11 is 0. The molecule has 21 heavy (non-hydrogen) atoms. The molecule has 1 N–H and O–H groups in total. The standard InChI is InChI=1S/C18H23N3/c1-14(16-7-5-4-6-8-16)9-10-20-13-17-11-18(12-19)21(3)15(17)2/h4-8,11,14,20H,9-10,13H2,1-3H3. The molecular formula is C18H23N3. The fourth-order valence-corrected chi connectivity index (χ4v) is 2.54. The van der Waals surface area contributed by atoms with Crippen LogP contribution in [0.15, 0.2) is 36.4 Å². The van der Waals surface area contributed by atoms with E-state index >= 15 is 0 Å². The Kier molecular flexibility index (Phi) is 5.19. The van der Waals surface area contributed by atoms with Gasteiger partial charge in [-0.25, -0.2) is 0 Å². The summed E-state index contributed by atoms with van der Waals surface area (Å²) in [6.07, 6.45) is 1.11. The summed E-state index contributed by atoms with van der Waals surface area (Å²) in [6.45, 7) is 6.12. The third kappa shape index (κ3) is 3.74. The number of benzene rings is 1. The van der Waals surface area contributed by atoms with Gasteiger partial charge in [-0.1, -0.05) is 37.3 Å². The van der Waals surface area contributed by atoms with Crippen LogP contribution >= 0.6 is 0 Å². The summed E-state index contributed by atoms with van der Waals surface area (Å²) in [7, 11) is 1.94. The number of nitrogens with one attached hydrogen (secondary N) is 1. The van der Waals surface area contributed by atoms with Crippen LogP contribution in [0.1, 0.15) is 41.8 Å². The summed E-state index contributed by atoms with van der Waals surface area (Å²) < 4.78 is 1.95. The molecule has 2 rings (SSSR count). The van der Waals surface area contributed by atoms with Crippen molar-refractivity contribution in [1.82, 2.24) is 9.88 Å². The summed E-state index contributed by atoms with van der Waals surface area (Å²) in [5.74, 6) is 0.560. The molecule has 2 aromatic rings. The molecule has 3 nitrogen and oxygen atoms in total. The lowest BCUT2D eigenvalue weighted by atomic mass is 9.98. The fraction of sp³-hybridized carbons (Fsp3) is 0.389. The number of nitriles is 1. The molecule has 110 valence electrons. The third-order valence-corrected chi connectivity index (χ3v) is 4.19. The van der Waals surface area contributed by atoms with Crippen molar-refractivity contribution in [3.63, 3.8) is 0 Å². The fourth-order valence-electron chi connectivity index (χ4n) is 2.54. The molecule has 3 heteroatoms. The van der Waals surface area contributed by atoms with E-state index in [-0.39, 0.29) is 0 Å². The highest BCUT2D eigenvalue weighted by Gasteiger charge is 2.08. The van der Waals surface area contributed by atoms with Gasteiger partial charge in [0.25, 0.3) is 0 Å². The molecular weight excluding hydrogens is 258 g/mol. The van der Waals surface area contributed by atoms with Crippen molar-refractivity contribution in [1.29, 1.82) is 5.26 Å². The van der Waals surface area contributed by atoms with Crippen LogP contribution in [0.25, 0.3) is 0 Å². The van der Waals surface area contributed by atoms with Crippen LogP contribution in [0.3, 0.4) is 0 Å². The van der Waals surface area contributed by atoms with E-state index in [1.165, 1.54) is 11.1 Å². The van der Waals surface area contributed by atoms with Crippen LogP contribution < -0.4 is 5.32 Å². The number of aromatic nitrogens is 1. The molecule has 1 unspecified atom stereocenters. The summed E-state index contributed by atoms with van der Waals surface area (Å²) in [4.78, 5) is 0. The van der Waals surface area contributed by atoms with E-state index in [0.29, 0.717) is 5.92 Å². The van der Waals surface area contributed by atoms with Crippen molar-refractivity contribution in [2.24, 2.45) is 7.05 Å². The number of hydrogen-bond donors (Lipinski definition) is 1. The van der Waals surface area contributed by atoms with Crippen molar-refractivity contribution in [2.75, 3.05) is 6.54 Å². The topological polar surface area (TPSA) is 40.8 Å². The van der Waals surface area contributed by atoms with Gasteiger partial charge in [0, 0.05) is 19.3 Å². The van der Waals surface area contributed by atoms with Crippen LogP contribution in [0, 0.1) is 18.3 Å². The van der Waals surface area contributed by atoms with E-state index < -0.39 is 0 Å². The summed E-state index contributed by atoms with van der Waals surface area (Å²) in [5.41, 5.74) is 4.49. The average Bonchev–Trinajstić information content (AvgIpc) is 2.80. The van der Waals surface area contributed by atoms with Crippen molar-refractivity contribution in [2.45, 2.75) is 32.7 Å². The molecule has 0 radical (unpaired) electrons. The minimum absolute atomic E-state index is 0.560. The normalized spacial score (nSPS) is 12.1. The van der Waals surface area contributed by atoms with Gasteiger partial charge in [-0.15, -0.1) is 0 Å². The Hall–Kier alpha value is -2.05. The van der Waals surface area contributed by atoms with Gasteiger partial charge in [0.05, 0.1) is 0 Å². The van der Waals surface area contributed by atoms with E-state index in [0.717, 1.165) is 30.9 Å². The van der Waals surface area contributed by atoms with Crippen LogP contribution in [-0.4, -0.2) is 11.1 Å². The Balaban J connectivity index is 1.82. The smallest absolute Gasteiger partial charge is 0.120 e. The zero-order valence-corrected chi connectivity index (χ0v) is 13.1. The first-order valence-electron chi connectivity index (χ1n) is 7.44. The highest BCUT2D eigenvalue weighted by Crippen LogP contribution is 2.18. The molecule has 0 aliphatic heterocycles. The monoisotopic (exact) mass is 281 g/mol. The van der Waals surface area contributed by atoms with Crippen molar-refractivity contribution in [3.05, 3.63) is 58.9 Å². The second-order valence-corrected chi connectivity index (χ2v) is 5.59. The molecule has 0 fully saturated rings. The molecule has 0 aliphatic rings. The lowest BCUT2D eigenvalue weighted by Gasteiger charge is -2.12. The summed E-state index contributed by atoms with van der Waals surface area (Å²) in [6, 6.07) is 14.8. The molecule has 0 aliphatic carbocycles. The Labute approximate surface area is 127 Å². The Morgan fingerprint density at radius 3 is 2.62 bits per heavy atom. The van der Waals surface area contributed by atoms with E-state index in [2.05, 4.69) is 55.6 Å². The highest BCUT2D eigenvalue weighted by molar-refractivity contribution is 5.34. The van der Waals surface area contributed by atoms with E-state index in [1.54, 1.807) is 0 Å². The van der Waals surface area contributed by atoms with Gasteiger partial charge in [-0.3, -0.25) is 0 Å². The number of hydrogen-bond acceptors (Lipinski definition) is 2. The molecule has 1 aromatic heterocycles. The molecule has 1 heterocycles. The first-order valence-corrected chi connectivity index (χ1v) is 7.44. The second-order valence-electron chi connectivity index (χ2n) is 5.59. The highest BCUT2D eigenvalue weighted by atomic mass is 15.0. The predicted octanol–water partition coefficient (Wildman–Crippen LogP) is 3.49. The zero-order chi connectivity index (χ0) is 15.2. The molecule has 0 saturated carbocycles. The van der Waals surface area contributed by atoms with Crippen molar-refractivity contribution >= 4 is 0 Å². The van der Waals surface area contributed by atoms with Gasteiger partial charge in [0.1, 0.15) is 11.8 Å². The Bertz CT molecular complexity index is 620. The van der Waals surface area contributed by atoms with E-state index in [9.17, 15) is 0 Å². The maximum atomic E-state index is 9.04. The molecule has 0 amide bonds. The summed E-state index contributed by atoms with van der Waals surface area (Å²) in [5, 5.41) is 12.5. The zero-order valence-electron chi connectivity index (χ0n) is 13.1. The van der Waals surface area contributed by atoms with E-state index in [4.69, 9.17) is 5.26 Å². The largest absolute Gasteiger partial charge is 0.340 e. The van der Waals surface area contributed by atoms with E-state index in [1.807, 2.05) is 17.7 Å². The molecule has 0 spiro atoms. The van der Waals surface area contributed by atoms with Crippen LogP contribution in [-0.2, 0) is 13.6 Å². The second kappa shape index (κ2) is 7.10. The van der Waals surface area contributed by atoms with Crippen molar-refractivity contribution in [3.8, 4) is 6.07 Å². The lowest BCUT2D eigenvalue weighted by Crippen LogP contribution is -2.17. The van der Waals surface area contributed by atoms with Gasteiger partial charge in [0.15, 0.2) is 0 Å². The number of rotatable bonds is 6. The van der Waals surface area contributed by atoms with Crippen LogP contribution in [0.4, 0.5) is 0 Å². The minimum Gasteiger partial charge on any atom is -0.340 e. The Morgan fingerprint density at radius 2 is 2.00 bits per heavy atom. The van der Waals surface area contributed by atoms with Gasteiger partial charge >= 0.3 is 0 Å². The maximum Gasteiger partial charge on any atom is 0.120 e. The molecule has 1 atom stereocenters. The van der Waals surface area contributed by atoms with Crippen LogP contribution in [0.5, 0.6) is 0 Å². The van der Waals surface area contributed by atoms with Gasteiger partial charge < -0.3 is 9.88 Å². The first-order chi connectivity index (χ1) is 10.1. The van der Waals surface area contributed by atoms with Gasteiger partial charge in [-0.05, 0) is 43.0 Å². The SMILES string of the molecule is Cc1c(CNCCC(C)c2ccccc2)cc(C#N)n1C. The quantitative estimate of drug-likeness (QED) is 0.823. The van der Waals surface area contributed by atoms with Crippen LogP contribution in [0.2, 0.25) is 0 Å². The maximum absolute atomic E-state index is 9.04. The molecule has 0 saturated heterocycles. The molecule has 1 aromatic carbocycles. The number of nitrogens with zero attached hydrogens (tertiary/aromatic N) is 2. The minimum atomic E-state index is 0.560. The first kappa shape index (κ1) is 15.3. The molecule has 0 bridgehead atoms. The third-order valence-electron chi connectivity index (χ3n) is 4.19. The van der Waals surface area contributed by atoms with Gasteiger partial charge in [0.2, 0.25) is 0 Å². The van der Waals surface area contributed by atoms with Gasteiger partial charge in [-0.2, -0.15) is 5.26 Å². The Morgan fingerprint density at radius 1 is 1.29 bits per heavy atom. The predicted molar refractivity (Wildman–Crippen MR) is 86.0 cm³/mol. The average molecular weight is 281 g/mol. The lowest BCUT2D eigenvalue weighted by molar-refractivity contribution is 0.593. The van der Waals surface area contributed by atoms with Crippen molar-refractivity contribution < 1.29 is 0 Å².